The molecule has 0 spiro atoms. The highest BCUT2D eigenvalue weighted by atomic mass is 79.9. The number of aromatic nitrogens is 4. The summed E-state index contributed by atoms with van der Waals surface area (Å²) in [4.78, 5) is 44.3. The van der Waals surface area contributed by atoms with E-state index in [-0.39, 0.29) is 49.1 Å². The molecule has 0 radical (unpaired) electrons. The van der Waals surface area contributed by atoms with Crippen LogP contribution in [-0.2, 0) is 38.4 Å². The van der Waals surface area contributed by atoms with Crippen LogP contribution in [0.25, 0.3) is 0 Å². The molecule has 0 saturated heterocycles. The molecule has 0 amide bonds. The van der Waals surface area contributed by atoms with Crippen LogP contribution in [0.15, 0.2) is 105 Å². The van der Waals surface area contributed by atoms with Gasteiger partial charge in [0.25, 0.3) is 0 Å². The van der Waals surface area contributed by atoms with Gasteiger partial charge in [-0.15, -0.1) is 22.7 Å². The number of aliphatic hydroxyl groups excluding tert-OH is 2. The molecule has 2 aliphatic rings. The minimum atomic E-state index is -4.09. The number of carbonyl (C=O) groups is 2. The first-order chi connectivity index (χ1) is 34.3. The van der Waals surface area contributed by atoms with Crippen LogP contribution in [0.4, 0.5) is 11.6 Å². The number of halogens is 2. The van der Waals surface area contributed by atoms with Crippen LogP contribution < -0.4 is 20.9 Å². The molecule has 2 aromatic carbocycles. The smallest absolute Gasteiger partial charge is 0.333 e. The molecule has 2 unspecified atom stereocenters. The first-order valence-electron chi connectivity index (χ1n) is 21.9. The molecule has 26 heteroatoms. The minimum absolute atomic E-state index is 0.218. The zero-order valence-electron chi connectivity index (χ0n) is 38.4. The van der Waals surface area contributed by atoms with E-state index in [2.05, 4.69) is 70.8 Å². The average Bonchev–Trinajstić information content (AvgIpc) is 4.16. The summed E-state index contributed by atoms with van der Waals surface area (Å²) >= 11 is 9.57. The zero-order chi connectivity index (χ0) is 51.7. The van der Waals surface area contributed by atoms with Gasteiger partial charge < -0.3 is 30.3 Å². The molecule has 0 bridgehead atoms. The summed E-state index contributed by atoms with van der Waals surface area (Å²) in [5, 5.41) is 40.6. The van der Waals surface area contributed by atoms with Crippen molar-refractivity contribution in [2.24, 2.45) is 22.1 Å². The predicted octanol–water partition coefficient (Wildman–Crippen LogP) is 6.08. The highest BCUT2D eigenvalue weighted by molar-refractivity contribution is 9.10. The summed E-state index contributed by atoms with van der Waals surface area (Å²) < 4.78 is 66.9. The van der Waals surface area contributed by atoms with Gasteiger partial charge in [0.15, 0.2) is 0 Å². The monoisotopic (exact) mass is 1190 g/mol. The van der Waals surface area contributed by atoms with E-state index in [9.17, 15) is 36.6 Å². The van der Waals surface area contributed by atoms with E-state index < -0.39 is 44.7 Å². The number of rotatable bonds is 20. The van der Waals surface area contributed by atoms with Crippen molar-refractivity contribution < 1.29 is 54.5 Å². The van der Waals surface area contributed by atoms with E-state index in [1.54, 1.807) is 26.4 Å². The highest BCUT2D eigenvalue weighted by Crippen LogP contribution is 2.36. The molecule has 2 saturated carbocycles. The minimum Gasteiger partial charge on any atom is -0.393 e. The lowest BCUT2D eigenvalue weighted by Crippen LogP contribution is -2.24. The van der Waals surface area contributed by atoms with Gasteiger partial charge >= 0.3 is 20.6 Å². The van der Waals surface area contributed by atoms with Crippen molar-refractivity contribution in [3.05, 3.63) is 149 Å². The lowest BCUT2D eigenvalue weighted by Gasteiger charge is -2.16. The summed E-state index contributed by atoms with van der Waals surface area (Å²) in [6.45, 7) is -0.436. The number of ketones is 2. The number of hydrogen-bond donors (Lipinski definition) is 6. The van der Waals surface area contributed by atoms with Gasteiger partial charge in [0.1, 0.15) is 36.5 Å². The molecular weight excluding hydrogens is 1140 g/mol. The predicted molar refractivity (Wildman–Crippen MR) is 276 cm³/mol. The topological polar surface area (TPSA) is 307 Å². The summed E-state index contributed by atoms with van der Waals surface area (Å²) in [6.07, 6.45) is 4.84. The summed E-state index contributed by atoms with van der Waals surface area (Å²) in [5.41, 5.74) is 4.20. The fraction of sp³-hybridized carbons (Fsp3) is 0.348. The maximum Gasteiger partial charge on any atom is 0.333 e. The maximum atomic E-state index is 13.4. The Morgan fingerprint density at radius 1 is 0.667 bits per heavy atom. The number of anilines is 2. The SMILES string of the molecule is COC(c1cccc(Br)c1)c1csc(C(=O)c2cncnc2N[C@@H]2C[C@H](COS(N)(=O)=O)[C@@H](O)C2)c1.COC(c1cccc(Br)c1)c1csc(C(=O)c2cncnc2N[C@@H]2C[C@H](COS(N)(=O)=O)[C@@H](O)C2)c1. The quantitative estimate of drug-likeness (QED) is 0.0472. The number of benzene rings is 2. The third-order valence-corrected chi connectivity index (χ3v) is 15.7. The number of nitrogens with two attached hydrogens (primary N) is 2. The van der Waals surface area contributed by atoms with Crippen LogP contribution in [0.5, 0.6) is 0 Å². The number of carbonyl (C=O) groups excluding carboxylic acids is 2. The summed E-state index contributed by atoms with van der Waals surface area (Å²) in [5.74, 6) is -0.663. The number of nitrogens with zero attached hydrogens (tertiary/aromatic N) is 4. The fourth-order valence-corrected chi connectivity index (χ4v) is 11.8. The highest BCUT2D eigenvalue weighted by Gasteiger charge is 2.36. The molecule has 8 N–H and O–H groups in total. The molecule has 8 atom stereocenters. The molecule has 72 heavy (non-hydrogen) atoms. The van der Waals surface area contributed by atoms with Crippen LogP contribution in [0, 0.1) is 11.8 Å². The Balaban J connectivity index is 0.000000211. The van der Waals surface area contributed by atoms with Gasteiger partial charge in [0.05, 0.1) is 46.3 Å². The first-order valence-corrected chi connectivity index (χ1v) is 28.2. The number of thiophene rings is 2. The lowest BCUT2D eigenvalue weighted by molar-refractivity contribution is 0.100. The Kier molecular flexibility index (Phi) is 18.9. The molecule has 8 rings (SSSR count). The Labute approximate surface area is 440 Å². The van der Waals surface area contributed by atoms with E-state index in [4.69, 9.17) is 19.8 Å². The molecule has 2 fully saturated rings. The van der Waals surface area contributed by atoms with Gasteiger partial charge in [-0.3, -0.25) is 18.0 Å². The number of aliphatic hydroxyl groups is 2. The second-order valence-corrected chi connectivity index (χ2v) is 23.0. The van der Waals surface area contributed by atoms with E-state index in [0.717, 1.165) is 31.2 Å². The Morgan fingerprint density at radius 3 is 1.43 bits per heavy atom. The van der Waals surface area contributed by atoms with Crippen LogP contribution in [0.1, 0.15) is 90.6 Å². The second kappa shape index (κ2) is 24.7. The molecule has 4 aromatic heterocycles. The largest absolute Gasteiger partial charge is 0.393 e. The third-order valence-electron chi connectivity index (χ3n) is 11.9. The maximum absolute atomic E-state index is 13.4. The molecule has 4 heterocycles. The standard InChI is InChI=1S/2C23H25BrN4O6S2/c2*1-33-22(13-3-2-4-16(24)5-13)15-7-20(35-11-15)21(30)18-9-26-12-27-23(18)28-17-6-14(19(29)8-17)10-34-36(25,31)32/h2*2-5,7,9,11-12,14,17,19,22,29H,6,8,10H2,1H3,(H2,25,31,32)(H,26,27,28)/t2*14-,17-,19+,22?/m11/s1. The number of nitrogens with one attached hydrogen (secondary N) is 2. The van der Waals surface area contributed by atoms with Crippen molar-refractivity contribution in [1.82, 2.24) is 19.9 Å². The third kappa shape index (κ3) is 14.8. The van der Waals surface area contributed by atoms with E-state index in [0.29, 0.717) is 58.2 Å². The van der Waals surface area contributed by atoms with Gasteiger partial charge in [-0.2, -0.15) is 16.8 Å². The van der Waals surface area contributed by atoms with Gasteiger partial charge in [-0.1, -0.05) is 56.1 Å². The molecule has 6 aromatic rings. The molecular formula is C46H50Br2N8O12S4. The molecule has 20 nitrogen and oxygen atoms in total. The van der Waals surface area contributed by atoms with Crippen molar-refractivity contribution in [2.45, 2.75) is 62.2 Å². The fourth-order valence-electron chi connectivity index (χ4n) is 8.52. The van der Waals surface area contributed by atoms with Crippen molar-refractivity contribution in [2.75, 3.05) is 38.1 Å². The van der Waals surface area contributed by atoms with Crippen molar-refractivity contribution >= 4 is 98.3 Å². The van der Waals surface area contributed by atoms with E-state index in [1.165, 1.54) is 47.7 Å². The molecule has 384 valence electrons. The first kappa shape index (κ1) is 55.2. The Bertz CT molecular complexity index is 2870. The van der Waals surface area contributed by atoms with E-state index >= 15 is 0 Å². The van der Waals surface area contributed by atoms with Crippen molar-refractivity contribution in [3.63, 3.8) is 0 Å². The van der Waals surface area contributed by atoms with Gasteiger partial charge in [-0.05, 0) is 95.1 Å². The van der Waals surface area contributed by atoms with Crippen molar-refractivity contribution in [3.8, 4) is 0 Å². The molecule has 2 aliphatic carbocycles. The summed E-state index contributed by atoms with van der Waals surface area (Å²) in [7, 11) is -4.95. The van der Waals surface area contributed by atoms with Gasteiger partial charge in [0.2, 0.25) is 11.6 Å². The number of ether oxygens (including phenoxy) is 2. The number of hydrogen-bond acceptors (Lipinski definition) is 20. The van der Waals surface area contributed by atoms with Crippen LogP contribution >= 0.6 is 54.5 Å². The Morgan fingerprint density at radius 2 is 1.07 bits per heavy atom. The van der Waals surface area contributed by atoms with Gasteiger partial charge in [0, 0.05) is 59.5 Å². The van der Waals surface area contributed by atoms with Crippen LogP contribution in [0.2, 0.25) is 0 Å². The summed E-state index contributed by atoms with van der Waals surface area (Å²) in [6, 6.07) is 18.7. The van der Waals surface area contributed by atoms with Gasteiger partial charge in [-0.25, -0.2) is 30.2 Å². The van der Waals surface area contributed by atoms with Crippen LogP contribution in [0.3, 0.4) is 0 Å². The average molecular weight is 1200 g/mol. The van der Waals surface area contributed by atoms with Crippen LogP contribution in [-0.4, -0.2) is 110 Å². The Hall–Kier alpha value is -4.52. The number of methoxy groups -OCH3 is 2. The molecule has 0 aliphatic heterocycles. The van der Waals surface area contributed by atoms with Crippen molar-refractivity contribution in [1.29, 1.82) is 0 Å². The lowest BCUT2D eigenvalue weighted by atomic mass is 10.0. The zero-order valence-corrected chi connectivity index (χ0v) is 44.8. The van der Waals surface area contributed by atoms with E-state index in [1.807, 2.05) is 59.3 Å². The second-order valence-electron chi connectivity index (χ2n) is 16.9. The normalized spacial score (nSPS) is 20.8.